The van der Waals surface area contributed by atoms with Crippen molar-refractivity contribution < 1.29 is 13.4 Å². The highest BCUT2D eigenvalue weighted by Crippen LogP contribution is 2.24. The Morgan fingerprint density at radius 3 is 2.53 bits per heavy atom. The van der Waals surface area contributed by atoms with Gasteiger partial charge in [0.1, 0.15) is 5.76 Å². The van der Waals surface area contributed by atoms with Crippen LogP contribution >= 0.6 is 11.6 Å². The molecule has 32 heavy (non-hydrogen) atoms. The molecule has 0 saturated heterocycles. The van der Waals surface area contributed by atoms with Gasteiger partial charge in [0.05, 0.1) is 22.2 Å². The number of rotatable bonds is 7. The molecule has 0 saturated carbocycles. The van der Waals surface area contributed by atoms with Crippen molar-refractivity contribution in [3.63, 3.8) is 0 Å². The zero-order chi connectivity index (χ0) is 22.5. The number of amides is 1. The topological polar surface area (TPSA) is 85.1 Å². The minimum absolute atomic E-state index is 0.178. The van der Waals surface area contributed by atoms with Crippen LogP contribution in [0.4, 0.5) is 0 Å². The fraction of sp³-hybridized carbons (Fsp3) is 0.125. The number of nitrogens with zero attached hydrogens (tertiary/aromatic N) is 2. The minimum Gasteiger partial charge on any atom is -0.441 e. The summed E-state index contributed by atoms with van der Waals surface area (Å²) >= 11 is 5.90. The van der Waals surface area contributed by atoms with E-state index >= 15 is 0 Å². The number of carbonyl (C=O) groups excluding carboxylic acids is 1. The number of pyridine rings is 1. The Morgan fingerprint density at radius 2 is 1.84 bits per heavy atom. The molecule has 1 atom stereocenters. The molecule has 4 aromatic rings. The van der Waals surface area contributed by atoms with Gasteiger partial charge in [-0.15, -0.1) is 0 Å². The third kappa shape index (κ3) is 5.30. The fourth-order valence-electron chi connectivity index (χ4n) is 3.03. The molecular weight excluding hydrogens is 446 g/mol. The molecule has 0 bridgehead atoms. The third-order valence-electron chi connectivity index (χ3n) is 4.81. The van der Waals surface area contributed by atoms with Gasteiger partial charge in [-0.1, -0.05) is 17.7 Å². The highest BCUT2D eigenvalue weighted by Gasteiger charge is 2.16. The lowest BCUT2D eigenvalue weighted by atomic mass is 10.1. The van der Waals surface area contributed by atoms with Gasteiger partial charge in [-0.05, 0) is 67.1 Å². The first-order valence-corrected chi connectivity index (χ1v) is 11.6. The van der Waals surface area contributed by atoms with Gasteiger partial charge in [0.2, 0.25) is 5.89 Å². The summed E-state index contributed by atoms with van der Waals surface area (Å²) in [5.74, 6) is 1.10. The van der Waals surface area contributed by atoms with Crippen LogP contribution in [0, 0.1) is 6.92 Å². The molecule has 0 fully saturated rings. The molecule has 1 amide bonds. The van der Waals surface area contributed by atoms with E-state index < -0.39 is 10.8 Å². The fourth-order valence-corrected chi connectivity index (χ4v) is 4.28. The molecule has 0 radical (unpaired) electrons. The van der Waals surface area contributed by atoms with Crippen LogP contribution in [0.2, 0.25) is 5.02 Å². The Bertz CT molecular complexity index is 1240. The van der Waals surface area contributed by atoms with Crippen molar-refractivity contribution in [1.29, 1.82) is 0 Å². The van der Waals surface area contributed by atoms with E-state index in [4.69, 9.17) is 16.0 Å². The normalized spacial score (nSPS) is 11.8. The Balaban J connectivity index is 1.42. The summed E-state index contributed by atoms with van der Waals surface area (Å²) in [5, 5.41) is 3.47. The minimum atomic E-state index is -1.26. The lowest BCUT2D eigenvalue weighted by Crippen LogP contribution is -2.22. The Hall–Kier alpha value is -3.29. The Morgan fingerprint density at radius 1 is 1.09 bits per heavy atom. The highest BCUT2D eigenvalue weighted by atomic mass is 35.5. The zero-order valence-corrected chi connectivity index (χ0v) is 18.8. The van der Waals surface area contributed by atoms with Crippen molar-refractivity contribution in [3.8, 4) is 11.5 Å². The van der Waals surface area contributed by atoms with Gasteiger partial charge in [-0.3, -0.25) is 14.0 Å². The molecule has 0 aliphatic carbocycles. The van der Waals surface area contributed by atoms with E-state index in [0.717, 1.165) is 11.1 Å². The van der Waals surface area contributed by atoms with Gasteiger partial charge in [0, 0.05) is 40.0 Å². The summed E-state index contributed by atoms with van der Waals surface area (Å²) in [6.45, 7) is 2.20. The van der Waals surface area contributed by atoms with E-state index in [0.29, 0.717) is 39.4 Å². The molecule has 0 spiro atoms. The average molecular weight is 466 g/mol. The second kappa shape index (κ2) is 9.89. The van der Waals surface area contributed by atoms with Crippen LogP contribution in [0.3, 0.4) is 0 Å². The van der Waals surface area contributed by atoms with E-state index in [1.807, 2.05) is 12.1 Å². The molecule has 4 rings (SSSR count). The van der Waals surface area contributed by atoms with Gasteiger partial charge < -0.3 is 9.73 Å². The van der Waals surface area contributed by atoms with Crippen LogP contribution in [0.15, 0.2) is 82.4 Å². The highest BCUT2D eigenvalue weighted by molar-refractivity contribution is 7.84. The van der Waals surface area contributed by atoms with Gasteiger partial charge in [0.15, 0.2) is 0 Å². The zero-order valence-electron chi connectivity index (χ0n) is 17.2. The average Bonchev–Trinajstić information content (AvgIpc) is 3.18. The second-order valence-corrected chi connectivity index (χ2v) is 8.97. The van der Waals surface area contributed by atoms with Crippen LogP contribution < -0.4 is 5.32 Å². The van der Waals surface area contributed by atoms with Crippen molar-refractivity contribution in [1.82, 2.24) is 15.3 Å². The summed E-state index contributed by atoms with van der Waals surface area (Å²) < 4.78 is 18.4. The van der Waals surface area contributed by atoms with Crippen molar-refractivity contribution in [2.45, 2.75) is 24.1 Å². The number of halogens is 1. The van der Waals surface area contributed by atoms with E-state index in [1.54, 1.807) is 67.8 Å². The standard InChI is InChI=1S/C24H20ClN3O3S/c1-16-22(15-32(30)21-10-8-20(25)9-11-21)28-24(31-16)19-6-4-18(5-7-19)23(29)27-14-17-3-2-12-26-13-17/h2-13H,14-15H2,1H3,(H,27,29). The van der Waals surface area contributed by atoms with E-state index in [-0.39, 0.29) is 11.7 Å². The summed E-state index contributed by atoms with van der Waals surface area (Å²) in [7, 11) is -1.26. The molecule has 2 aromatic carbocycles. The Kier molecular flexibility index (Phi) is 6.78. The number of benzene rings is 2. The van der Waals surface area contributed by atoms with Crippen LogP contribution in [0.25, 0.3) is 11.5 Å². The van der Waals surface area contributed by atoms with Gasteiger partial charge >= 0.3 is 0 Å². The maximum absolute atomic E-state index is 12.6. The van der Waals surface area contributed by atoms with Crippen LogP contribution in [0.5, 0.6) is 0 Å². The summed E-state index contributed by atoms with van der Waals surface area (Å²) in [5.41, 5.74) is 2.83. The number of aryl methyl sites for hydroxylation is 1. The first-order valence-electron chi connectivity index (χ1n) is 9.87. The molecule has 2 heterocycles. The van der Waals surface area contributed by atoms with Crippen molar-refractivity contribution in [2.24, 2.45) is 0 Å². The molecule has 6 nitrogen and oxygen atoms in total. The number of aromatic nitrogens is 2. The molecule has 1 unspecified atom stereocenters. The maximum Gasteiger partial charge on any atom is 0.251 e. The predicted octanol–water partition coefficient (Wildman–Crippen LogP) is 4.94. The van der Waals surface area contributed by atoms with Crippen molar-refractivity contribution in [3.05, 3.63) is 101 Å². The van der Waals surface area contributed by atoms with Gasteiger partial charge in [-0.2, -0.15) is 0 Å². The predicted molar refractivity (Wildman–Crippen MR) is 124 cm³/mol. The molecule has 1 N–H and O–H groups in total. The first kappa shape index (κ1) is 21.9. The number of hydrogen-bond acceptors (Lipinski definition) is 5. The lowest BCUT2D eigenvalue weighted by molar-refractivity contribution is 0.0951. The molecule has 0 aliphatic heterocycles. The number of nitrogens with one attached hydrogen (secondary N) is 1. The van der Waals surface area contributed by atoms with E-state index in [2.05, 4.69) is 15.3 Å². The molecule has 2 aromatic heterocycles. The van der Waals surface area contributed by atoms with Crippen LogP contribution in [-0.2, 0) is 23.1 Å². The van der Waals surface area contributed by atoms with Gasteiger partial charge in [-0.25, -0.2) is 4.98 Å². The maximum atomic E-state index is 12.6. The summed E-state index contributed by atoms with van der Waals surface area (Å²) in [4.78, 5) is 21.6. The SMILES string of the molecule is Cc1oc(-c2ccc(C(=O)NCc3cccnc3)cc2)nc1CS(=O)c1ccc(Cl)cc1. The third-order valence-corrected chi connectivity index (χ3v) is 6.39. The van der Waals surface area contributed by atoms with Gasteiger partial charge in [0.25, 0.3) is 5.91 Å². The molecule has 0 aliphatic rings. The summed E-state index contributed by atoms with van der Waals surface area (Å²) in [6.07, 6.45) is 3.40. The van der Waals surface area contributed by atoms with Crippen LogP contribution in [0.1, 0.15) is 27.4 Å². The largest absolute Gasteiger partial charge is 0.441 e. The Labute approximate surface area is 193 Å². The quantitative estimate of drug-likeness (QED) is 0.418. The monoisotopic (exact) mass is 465 g/mol. The number of hydrogen-bond donors (Lipinski definition) is 1. The number of carbonyl (C=O) groups is 1. The lowest BCUT2D eigenvalue weighted by Gasteiger charge is -2.05. The smallest absolute Gasteiger partial charge is 0.251 e. The van der Waals surface area contributed by atoms with E-state index in [9.17, 15) is 9.00 Å². The second-order valence-electron chi connectivity index (χ2n) is 7.09. The van der Waals surface area contributed by atoms with Crippen LogP contribution in [-0.4, -0.2) is 20.1 Å². The van der Waals surface area contributed by atoms with E-state index in [1.165, 1.54) is 0 Å². The van der Waals surface area contributed by atoms with Crippen molar-refractivity contribution >= 4 is 28.3 Å². The number of oxazole rings is 1. The van der Waals surface area contributed by atoms with Crippen molar-refractivity contribution in [2.75, 3.05) is 0 Å². The molecular formula is C24H20ClN3O3S. The molecule has 162 valence electrons. The first-order chi connectivity index (χ1) is 15.5. The molecule has 8 heteroatoms. The summed E-state index contributed by atoms with van der Waals surface area (Å²) in [6, 6.07) is 17.6.